The van der Waals surface area contributed by atoms with Gasteiger partial charge in [0.15, 0.2) is 0 Å². The van der Waals surface area contributed by atoms with Crippen molar-refractivity contribution in [1.29, 1.82) is 0 Å². The number of nitrogens with zero attached hydrogens (tertiary/aromatic N) is 2. The van der Waals surface area contributed by atoms with Gasteiger partial charge in [-0.05, 0) is 35.4 Å². The van der Waals surface area contributed by atoms with Crippen LogP contribution >= 0.6 is 0 Å². The number of aliphatic hydroxyl groups excluding tert-OH is 4. The summed E-state index contributed by atoms with van der Waals surface area (Å²) in [6.07, 6.45) is -2.50. The molecule has 13 nitrogen and oxygen atoms in total. The number of hydrogen-bond donors (Lipinski definition) is 6. The number of benzene rings is 2. The van der Waals surface area contributed by atoms with Crippen LogP contribution in [0.4, 0.5) is 22.7 Å². The van der Waals surface area contributed by atoms with Gasteiger partial charge in [-0.2, -0.15) is 0 Å². The Kier molecular flexibility index (Phi) is 10.3. The van der Waals surface area contributed by atoms with E-state index in [1.807, 2.05) is 0 Å². The predicted octanol–water partition coefficient (Wildman–Crippen LogP) is 0.827. The SMILES string of the molecule is O=[N+]([O-])c1ccc(C(O)CS(=O)CC(O)c2ccc([N+](=O)[O-])c(NCCO)c2)cc1NCCO. The van der Waals surface area contributed by atoms with Crippen molar-refractivity contribution >= 4 is 33.5 Å². The van der Waals surface area contributed by atoms with Gasteiger partial charge in [-0.25, -0.2) is 0 Å². The third-order valence-corrected chi connectivity index (χ3v) is 6.12. The molecule has 34 heavy (non-hydrogen) atoms. The number of aliphatic hydroxyl groups is 4. The fourth-order valence-electron chi connectivity index (χ4n) is 3.12. The lowest BCUT2D eigenvalue weighted by Crippen LogP contribution is -2.17. The summed E-state index contributed by atoms with van der Waals surface area (Å²) >= 11 is 0. The lowest BCUT2D eigenvalue weighted by Gasteiger charge is -2.16. The van der Waals surface area contributed by atoms with Gasteiger partial charge >= 0.3 is 0 Å². The molecule has 0 aromatic heterocycles. The van der Waals surface area contributed by atoms with Crippen LogP contribution in [-0.4, -0.2) is 72.3 Å². The highest BCUT2D eigenvalue weighted by Gasteiger charge is 2.22. The minimum atomic E-state index is -1.72. The van der Waals surface area contributed by atoms with E-state index < -0.39 is 32.9 Å². The van der Waals surface area contributed by atoms with E-state index in [1.165, 1.54) is 36.4 Å². The second kappa shape index (κ2) is 12.9. The van der Waals surface area contributed by atoms with Gasteiger partial charge in [-0.3, -0.25) is 24.4 Å². The molecule has 186 valence electrons. The standard InChI is InChI=1S/C20H26N4O9S/c25-7-5-21-15-9-13(1-3-17(15)23(29)30)19(27)11-34(33)12-20(28)14-2-4-18(24(31)32)16(10-14)22-6-8-26/h1-4,9-10,19-22,25-28H,5-8,11-12H2. The van der Waals surface area contributed by atoms with Gasteiger partial charge in [-0.15, -0.1) is 0 Å². The Labute approximate surface area is 196 Å². The zero-order valence-electron chi connectivity index (χ0n) is 18.0. The van der Waals surface area contributed by atoms with Gasteiger partial charge in [0.05, 0.1) is 46.8 Å². The zero-order valence-corrected chi connectivity index (χ0v) is 18.8. The molecule has 6 N–H and O–H groups in total. The van der Waals surface area contributed by atoms with Crippen molar-refractivity contribution in [2.24, 2.45) is 0 Å². The van der Waals surface area contributed by atoms with E-state index in [-0.39, 0.29) is 71.7 Å². The second-order valence-corrected chi connectivity index (χ2v) is 8.72. The largest absolute Gasteiger partial charge is 0.395 e. The van der Waals surface area contributed by atoms with Crippen LogP contribution in [0.3, 0.4) is 0 Å². The van der Waals surface area contributed by atoms with Gasteiger partial charge in [0.25, 0.3) is 11.4 Å². The van der Waals surface area contributed by atoms with Crippen LogP contribution < -0.4 is 10.6 Å². The Morgan fingerprint density at radius 3 is 1.50 bits per heavy atom. The molecule has 0 aliphatic rings. The number of rotatable bonds is 14. The number of hydrogen-bond acceptors (Lipinski definition) is 11. The molecule has 2 atom stereocenters. The summed E-state index contributed by atoms with van der Waals surface area (Å²) in [5, 5.41) is 66.5. The van der Waals surface area contributed by atoms with Crippen LogP contribution in [0.25, 0.3) is 0 Å². The van der Waals surface area contributed by atoms with E-state index in [2.05, 4.69) is 10.6 Å². The normalized spacial score (nSPS) is 13.6. The molecule has 0 fully saturated rings. The summed E-state index contributed by atoms with van der Waals surface area (Å²) in [5.74, 6) is -0.534. The monoisotopic (exact) mass is 498 g/mol. The van der Waals surface area contributed by atoms with E-state index in [0.717, 1.165) is 0 Å². The summed E-state index contributed by atoms with van der Waals surface area (Å²) in [6, 6.07) is 7.71. The topological polar surface area (TPSA) is 208 Å². The van der Waals surface area contributed by atoms with Crippen LogP contribution in [0, 0.1) is 20.2 Å². The van der Waals surface area contributed by atoms with Crippen LogP contribution in [0.5, 0.6) is 0 Å². The van der Waals surface area contributed by atoms with E-state index in [4.69, 9.17) is 10.2 Å². The van der Waals surface area contributed by atoms with Crippen LogP contribution in [0.15, 0.2) is 36.4 Å². The van der Waals surface area contributed by atoms with E-state index in [0.29, 0.717) is 0 Å². The van der Waals surface area contributed by atoms with Crippen molar-refractivity contribution in [2.45, 2.75) is 12.2 Å². The molecule has 0 heterocycles. The molecule has 0 saturated carbocycles. The van der Waals surface area contributed by atoms with Crippen LogP contribution in [0.1, 0.15) is 23.3 Å². The molecule has 14 heteroatoms. The lowest BCUT2D eigenvalue weighted by molar-refractivity contribution is -0.384. The maximum Gasteiger partial charge on any atom is 0.292 e. The first kappa shape index (κ1) is 27.1. The molecule has 0 radical (unpaired) electrons. The molecule has 0 spiro atoms. The highest BCUT2D eigenvalue weighted by Crippen LogP contribution is 2.30. The van der Waals surface area contributed by atoms with Crippen molar-refractivity contribution in [3.63, 3.8) is 0 Å². The van der Waals surface area contributed by atoms with Crippen molar-refractivity contribution in [3.8, 4) is 0 Å². The smallest absolute Gasteiger partial charge is 0.292 e. The van der Waals surface area contributed by atoms with E-state index in [9.17, 15) is 34.7 Å². The molecule has 2 unspecified atom stereocenters. The molecular formula is C20H26N4O9S. The second-order valence-electron chi connectivity index (χ2n) is 7.17. The number of anilines is 2. The number of nitro benzene ring substituents is 2. The summed E-state index contributed by atoms with van der Waals surface area (Å²) in [4.78, 5) is 21.1. The minimum absolute atomic E-state index is 0.0584. The molecule has 0 saturated heterocycles. The molecule has 2 aromatic carbocycles. The first-order chi connectivity index (χ1) is 16.2. The fourth-order valence-corrected chi connectivity index (χ4v) is 4.34. The predicted molar refractivity (Wildman–Crippen MR) is 125 cm³/mol. The Bertz CT molecular complexity index is 958. The van der Waals surface area contributed by atoms with Gasteiger partial charge in [0.1, 0.15) is 11.4 Å². The van der Waals surface area contributed by atoms with E-state index >= 15 is 0 Å². The van der Waals surface area contributed by atoms with Crippen molar-refractivity contribution in [3.05, 3.63) is 67.8 Å². The summed E-state index contributed by atoms with van der Waals surface area (Å²) < 4.78 is 12.6. The van der Waals surface area contributed by atoms with Gasteiger partial charge < -0.3 is 31.1 Å². The minimum Gasteiger partial charge on any atom is -0.395 e. The van der Waals surface area contributed by atoms with E-state index in [1.54, 1.807) is 0 Å². The Morgan fingerprint density at radius 1 is 0.794 bits per heavy atom. The third-order valence-electron chi connectivity index (χ3n) is 4.75. The van der Waals surface area contributed by atoms with Crippen molar-refractivity contribution in [2.75, 3.05) is 48.4 Å². The zero-order chi connectivity index (χ0) is 25.3. The first-order valence-electron chi connectivity index (χ1n) is 10.1. The summed E-state index contributed by atoms with van der Waals surface area (Å²) in [5.41, 5.74) is 0.222. The van der Waals surface area contributed by atoms with Gasteiger partial charge in [0, 0.05) is 36.0 Å². The van der Waals surface area contributed by atoms with Crippen LogP contribution in [0.2, 0.25) is 0 Å². The molecule has 0 amide bonds. The summed E-state index contributed by atoms with van der Waals surface area (Å²) in [6.45, 7) is -0.400. The highest BCUT2D eigenvalue weighted by molar-refractivity contribution is 7.85. The van der Waals surface area contributed by atoms with Gasteiger partial charge in [-0.1, -0.05) is 0 Å². The average Bonchev–Trinajstić information content (AvgIpc) is 2.80. The first-order valence-corrected chi connectivity index (χ1v) is 11.6. The van der Waals surface area contributed by atoms with Crippen LogP contribution in [-0.2, 0) is 10.8 Å². The molecule has 0 aliphatic carbocycles. The highest BCUT2D eigenvalue weighted by atomic mass is 32.2. The molecule has 0 bridgehead atoms. The van der Waals surface area contributed by atoms with Crippen molar-refractivity contribution < 1.29 is 34.5 Å². The Morgan fingerprint density at radius 2 is 1.18 bits per heavy atom. The molecular weight excluding hydrogens is 472 g/mol. The lowest BCUT2D eigenvalue weighted by atomic mass is 10.1. The number of nitro groups is 2. The quantitative estimate of drug-likeness (QED) is 0.159. The average molecular weight is 499 g/mol. The Hall–Kier alpha value is -3.17. The molecule has 2 rings (SSSR count). The fraction of sp³-hybridized carbons (Fsp3) is 0.400. The van der Waals surface area contributed by atoms with Crippen molar-refractivity contribution in [1.82, 2.24) is 0 Å². The maximum atomic E-state index is 12.6. The molecule has 2 aromatic rings. The molecule has 0 aliphatic heterocycles. The third kappa shape index (κ3) is 7.43. The summed E-state index contributed by atoms with van der Waals surface area (Å²) in [7, 11) is -1.72. The number of nitrogens with one attached hydrogen (secondary N) is 2. The Balaban J connectivity index is 2.10. The maximum absolute atomic E-state index is 12.6. The van der Waals surface area contributed by atoms with Gasteiger partial charge in [0.2, 0.25) is 0 Å².